The minimum absolute atomic E-state index is 0. The van der Waals surface area contributed by atoms with Crippen LogP contribution in [0.2, 0.25) is 0 Å². The Kier molecular flexibility index (Phi) is 7.48. The zero-order valence-corrected chi connectivity index (χ0v) is 13.9. The average Bonchev–Trinajstić information content (AvgIpc) is 2.52. The van der Waals surface area contributed by atoms with Crippen molar-refractivity contribution in [1.82, 2.24) is 5.32 Å². The maximum Gasteiger partial charge on any atom is 0.251 e. The van der Waals surface area contributed by atoms with E-state index < -0.39 is 0 Å². The molecule has 1 fully saturated rings. The standard InChI is InChI=1S/C16H24N2O3.ClH/c1-20-14-7-6-12(9-15(14)21-2)16(19)18-10-11-4-3-5-13(17)8-11;/h6-7,9,11,13H,3-5,8,10,17H2,1-2H3,(H,18,19);1H. The lowest BCUT2D eigenvalue weighted by molar-refractivity contribution is 0.0942. The van der Waals surface area contributed by atoms with E-state index in [9.17, 15) is 4.79 Å². The summed E-state index contributed by atoms with van der Waals surface area (Å²) in [6, 6.07) is 5.45. The van der Waals surface area contributed by atoms with E-state index in [-0.39, 0.29) is 24.4 Å². The molecule has 6 heteroatoms. The summed E-state index contributed by atoms with van der Waals surface area (Å²) in [5, 5.41) is 2.99. The molecule has 0 aliphatic heterocycles. The summed E-state index contributed by atoms with van der Waals surface area (Å²) in [6.45, 7) is 0.681. The van der Waals surface area contributed by atoms with Gasteiger partial charge in [-0.2, -0.15) is 0 Å². The van der Waals surface area contributed by atoms with E-state index in [1.165, 1.54) is 0 Å². The highest BCUT2D eigenvalue weighted by atomic mass is 35.5. The summed E-state index contributed by atoms with van der Waals surface area (Å²) in [6.07, 6.45) is 4.38. The molecule has 0 spiro atoms. The second-order valence-corrected chi connectivity index (χ2v) is 5.57. The van der Waals surface area contributed by atoms with Crippen molar-refractivity contribution in [3.63, 3.8) is 0 Å². The predicted octanol–water partition coefficient (Wildman–Crippen LogP) is 2.37. The lowest BCUT2D eigenvalue weighted by atomic mass is 9.86. The Morgan fingerprint density at radius 3 is 2.64 bits per heavy atom. The molecule has 124 valence electrons. The molecular formula is C16H25ClN2O3. The zero-order chi connectivity index (χ0) is 15.2. The quantitative estimate of drug-likeness (QED) is 0.870. The monoisotopic (exact) mass is 328 g/mol. The Hall–Kier alpha value is -1.46. The van der Waals surface area contributed by atoms with Crippen molar-refractivity contribution in [1.29, 1.82) is 0 Å². The number of amides is 1. The number of rotatable bonds is 5. The second-order valence-electron chi connectivity index (χ2n) is 5.57. The summed E-state index contributed by atoms with van der Waals surface area (Å²) in [5.41, 5.74) is 6.55. The number of hydrogen-bond donors (Lipinski definition) is 2. The molecule has 1 saturated carbocycles. The highest BCUT2D eigenvalue weighted by Crippen LogP contribution is 2.27. The first-order chi connectivity index (χ1) is 10.1. The van der Waals surface area contributed by atoms with Crippen molar-refractivity contribution in [2.45, 2.75) is 31.7 Å². The van der Waals surface area contributed by atoms with Crippen molar-refractivity contribution in [2.75, 3.05) is 20.8 Å². The number of methoxy groups -OCH3 is 2. The largest absolute Gasteiger partial charge is 0.493 e. The smallest absolute Gasteiger partial charge is 0.251 e. The lowest BCUT2D eigenvalue weighted by Crippen LogP contribution is -2.35. The van der Waals surface area contributed by atoms with E-state index in [1.807, 2.05) is 0 Å². The van der Waals surface area contributed by atoms with Crippen LogP contribution in [-0.2, 0) is 0 Å². The molecule has 2 atom stereocenters. The Labute approximate surface area is 138 Å². The van der Waals surface area contributed by atoms with E-state index in [1.54, 1.807) is 32.4 Å². The highest BCUT2D eigenvalue weighted by molar-refractivity contribution is 5.94. The molecule has 1 amide bonds. The first kappa shape index (κ1) is 18.6. The van der Waals surface area contributed by atoms with Gasteiger partial charge in [0.15, 0.2) is 11.5 Å². The van der Waals surface area contributed by atoms with Gasteiger partial charge in [0, 0.05) is 18.2 Å². The van der Waals surface area contributed by atoms with Gasteiger partial charge in [0.2, 0.25) is 0 Å². The van der Waals surface area contributed by atoms with E-state index in [0.717, 1.165) is 25.7 Å². The highest BCUT2D eigenvalue weighted by Gasteiger charge is 2.20. The zero-order valence-electron chi connectivity index (χ0n) is 13.1. The van der Waals surface area contributed by atoms with Crippen LogP contribution >= 0.6 is 12.4 Å². The molecule has 22 heavy (non-hydrogen) atoms. The Morgan fingerprint density at radius 1 is 1.27 bits per heavy atom. The molecule has 2 unspecified atom stereocenters. The van der Waals surface area contributed by atoms with Crippen LogP contribution in [0.1, 0.15) is 36.0 Å². The first-order valence-electron chi connectivity index (χ1n) is 7.40. The van der Waals surface area contributed by atoms with Crippen LogP contribution in [0.15, 0.2) is 18.2 Å². The fraction of sp³-hybridized carbons (Fsp3) is 0.562. The van der Waals surface area contributed by atoms with Gasteiger partial charge in [0.1, 0.15) is 0 Å². The Bertz CT molecular complexity index is 496. The van der Waals surface area contributed by atoms with Crippen LogP contribution in [0, 0.1) is 5.92 Å². The van der Waals surface area contributed by atoms with Gasteiger partial charge in [0.05, 0.1) is 14.2 Å². The molecule has 0 saturated heterocycles. The molecule has 1 aromatic carbocycles. The van der Waals surface area contributed by atoms with Crippen LogP contribution < -0.4 is 20.5 Å². The van der Waals surface area contributed by atoms with Gasteiger partial charge in [0.25, 0.3) is 5.91 Å². The fourth-order valence-electron chi connectivity index (χ4n) is 2.83. The molecule has 1 aliphatic rings. The van der Waals surface area contributed by atoms with Crippen LogP contribution in [0.4, 0.5) is 0 Å². The van der Waals surface area contributed by atoms with Gasteiger partial charge in [-0.25, -0.2) is 0 Å². The minimum atomic E-state index is -0.0879. The number of carbonyl (C=O) groups is 1. The molecule has 0 heterocycles. The normalized spacial score (nSPS) is 20.7. The third-order valence-corrected chi connectivity index (χ3v) is 4.02. The average molecular weight is 329 g/mol. The summed E-state index contributed by atoms with van der Waals surface area (Å²) in [4.78, 5) is 12.2. The van der Waals surface area contributed by atoms with Gasteiger partial charge in [-0.15, -0.1) is 12.4 Å². The summed E-state index contributed by atoms with van der Waals surface area (Å²) < 4.78 is 10.4. The number of benzene rings is 1. The lowest BCUT2D eigenvalue weighted by Gasteiger charge is -2.26. The van der Waals surface area contributed by atoms with Gasteiger partial charge in [-0.1, -0.05) is 6.42 Å². The van der Waals surface area contributed by atoms with Crippen molar-refractivity contribution < 1.29 is 14.3 Å². The minimum Gasteiger partial charge on any atom is -0.493 e. The first-order valence-corrected chi connectivity index (χ1v) is 7.40. The van der Waals surface area contributed by atoms with Crippen molar-refractivity contribution in [3.05, 3.63) is 23.8 Å². The van der Waals surface area contributed by atoms with Crippen LogP contribution in [0.5, 0.6) is 11.5 Å². The molecule has 1 aromatic rings. The molecule has 0 bridgehead atoms. The maximum absolute atomic E-state index is 12.2. The fourth-order valence-corrected chi connectivity index (χ4v) is 2.83. The summed E-state index contributed by atoms with van der Waals surface area (Å²) in [5.74, 6) is 1.57. The number of ether oxygens (including phenoxy) is 2. The summed E-state index contributed by atoms with van der Waals surface area (Å²) in [7, 11) is 3.13. The van der Waals surface area contributed by atoms with Crippen molar-refractivity contribution in [3.8, 4) is 11.5 Å². The van der Waals surface area contributed by atoms with E-state index >= 15 is 0 Å². The number of halogens is 1. The van der Waals surface area contributed by atoms with Gasteiger partial charge < -0.3 is 20.5 Å². The van der Waals surface area contributed by atoms with Crippen molar-refractivity contribution in [2.24, 2.45) is 11.7 Å². The molecule has 0 aromatic heterocycles. The molecule has 5 nitrogen and oxygen atoms in total. The van der Waals surface area contributed by atoms with Gasteiger partial charge >= 0.3 is 0 Å². The van der Waals surface area contributed by atoms with Crippen molar-refractivity contribution >= 4 is 18.3 Å². The molecule has 2 rings (SSSR count). The SMILES string of the molecule is COc1ccc(C(=O)NCC2CCCC(N)C2)cc1OC.Cl. The van der Waals surface area contributed by atoms with E-state index in [0.29, 0.717) is 29.5 Å². The maximum atomic E-state index is 12.2. The number of nitrogens with two attached hydrogens (primary N) is 1. The van der Waals surface area contributed by atoms with E-state index in [4.69, 9.17) is 15.2 Å². The number of nitrogens with one attached hydrogen (secondary N) is 1. The summed E-state index contributed by atoms with van der Waals surface area (Å²) >= 11 is 0. The molecular weight excluding hydrogens is 304 g/mol. The molecule has 3 N–H and O–H groups in total. The van der Waals surface area contributed by atoms with Gasteiger partial charge in [-0.3, -0.25) is 4.79 Å². The topological polar surface area (TPSA) is 73.6 Å². The third kappa shape index (κ3) is 4.78. The Morgan fingerprint density at radius 2 is 2.00 bits per heavy atom. The number of carbonyl (C=O) groups excluding carboxylic acids is 1. The predicted molar refractivity (Wildman–Crippen MR) is 89.1 cm³/mol. The third-order valence-electron chi connectivity index (χ3n) is 4.02. The van der Waals surface area contributed by atoms with Crippen LogP contribution in [-0.4, -0.2) is 32.7 Å². The number of hydrogen-bond acceptors (Lipinski definition) is 4. The molecule has 1 aliphatic carbocycles. The Balaban J connectivity index is 0.00000242. The van der Waals surface area contributed by atoms with Gasteiger partial charge in [-0.05, 0) is 43.4 Å². The van der Waals surface area contributed by atoms with E-state index in [2.05, 4.69) is 5.32 Å². The second kappa shape index (κ2) is 8.86. The van der Waals surface area contributed by atoms with Crippen LogP contribution in [0.25, 0.3) is 0 Å². The van der Waals surface area contributed by atoms with Crippen LogP contribution in [0.3, 0.4) is 0 Å². The molecule has 0 radical (unpaired) electrons.